The Balaban J connectivity index is 2.34. The highest BCUT2D eigenvalue weighted by molar-refractivity contribution is 6.33. The zero-order chi connectivity index (χ0) is 13.1. The van der Waals surface area contributed by atoms with Crippen molar-refractivity contribution in [1.82, 2.24) is 0 Å². The molecule has 0 radical (unpaired) electrons. The second-order valence-electron chi connectivity index (χ2n) is 5.23. The average Bonchev–Trinajstić information content (AvgIpc) is 2.39. The molecule has 18 heavy (non-hydrogen) atoms. The third kappa shape index (κ3) is 2.78. The van der Waals surface area contributed by atoms with Crippen LogP contribution in [0.5, 0.6) is 0 Å². The van der Waals surface area contributed by atoms with Crippen LogP contribution in [-0.4, -0.2) is 12.6 Å². The molecule has 0 aromatic heterocycles. The lowest BCUT2D eigenvalue weighted by molar-refractivity contribution is 0.359. The molecule has 2 atom stereocenters. The highest BCUT2D eigenvalue weighted by Crippen LogP contribution is 2.36. The molecule has 0 N–H and O–H groups in total. The van der Waals surface area contributed by atoms with E-state index in [1.54, 1.807) is 0 Å². The largest absolute Gasteiger partial charge is 0.367 e. The maximum absolute atomic E-state index is 6.40. The van der Waals surface area contributed by atoms with E-state index in [2.05, 4.69) is 24.8 Å². The lowest BCUT2D eigenvalue weighted by atomic mass is 9.90. The first-order valence-electron chi connectivity index (χ1n) is 6.77. The van der Waals surface area contributed by atoms with Crippen LogP contribution in [0.4, 0.5) is 5.69 Å². The van der Waals surface area contributed by atoms with Crippen LogP contribution in [0.3, 0.4) is 0 Å². The van der Waals surface area contributed by atoms with E-state index in [4.69, 9.17) is 23.2 Å². The summed E-state index contributed by atoms with van der Waals surface area (Å²) in [5, 5.41) is 0.830. The molecule has 0 saturated carbocycles. The number of halogens is 2. The number of para-hydroxylation sites is 1. The molecular formula is C15H21Cl2N. The quantitative estimate of drug-likeness (QED) is 0.699. The summed E-state index contributed by atoms with van der Waals surface area (Å²) in [7, 11) is 0. The fourth-order valence-corrected chi connectivity index (χ4v) is 3.33. The van der Waals surface area contributed by atoms with E-state index < -0.39 is 0 Å². The van der Waals surface area contributed by atoms with Gasteiger partial charge in [-0.1, -0.05) is 37.1 Å². The van der Waals surface area contributed by atoms with Gasteiger partial charge in [-0.2, -0.15) is 0 Å². The molecule has 1 aromatic rings. The number of rotatable bonds is 3. The topological polar surface area (TPSA) is 3.24 Å². The van der Waals surface area contributed by atoms with Crippen molar-refractivity contribution in [2.24, 2.45) is 5.92 Å². The summed E-state index contributed by atoms with van der Waals surface area (Å²) in [4.78, 5) is 2.46. The van der Waals surface area contributed by atoms with E-state index in [1.165, 1.54) is 19.3 Å². The summed E-state index contributed by atoms with van der Waals surface area (Å²) in [6, 6.07) is 6.58. The molecule has 0 amide bonds. The Bertz CT molecular complexity index is 405. The van der Waals surface area contributed by atoms with Crippen LogP contribution in [-0.2, 0) is 5.88 Å². The monoisotopic (exact) mass is 285 g/mol. The van der Waals surface area contributed by atoms with E-state index in [0.717, 1.165) is 28.7 Å². The number of alkyl halides is 1. The van der Waals surface area contributed by atoms with E-state index in [0.29, 0.717) is 11.9 Å². The molecule has 1 fully saturated rings. The summed E-state index contributed by atoms with van der Waals surface area (Å²) in [6.45, 7) is 5.66. The lowest BCUT2D eigenvalue weighted by Gasteiger charge is -2.40. The van der Waals surface area contributed by atoms with Crippen molar-refractivity contribution < 1.29 is 0 Å². The van der Waals surface area contributed by atoms with E-state index in [-0.39, 0.29) is 0 Å². The number of nitrogens with zero attached hydrogens (tertiary/aromatic N) is 1. The fraction of sp³-hybridized carbons (Fsp3) is 0.600. The molecule has 0 spiro atoms. The molecular weight excluding hydrogens is 265 g/mol. The van der Waals surface area contributed by atoms with E-state index in [1.807, 2.05) is 12.1 Å². The Morgan fingerprint density at radius 3 is 2.78 bits per heavy atom. The first kappa shape index (κ1) is 14.0. The highest BCUT2D eigenvalue weighted by atomic mass is 35.5. The molecule has 1 aliphatic heterocycles. The van der Waals surface area contributed by atoms with Gasteiger partial charge in [-0.05, 0) is 37.3 Å². The van der Waals surface area contributed by atoms with Crippen LogP contribution in [0, 0.1) is 5.92 Å². The standard InChI is InChI=1S/C15H21Cl2N/c1-3-12-8-7-11(2)18(10-12)15-13(9-16)5-4-6-14(15)17/h4-6,11-12H,3,7-10H2,1-2H3. The summed E-state index contributed by atoms with van der Waals surface area (Å²) in [5.74, 6) is 1.30. The van der Waals surface area contributed by atoms with E-state index >= 15 is 0 Å². The van der Waals surface area contributed by atoms with Gasteiger partial charge < -0.3 is 4.90 Å². The maximum Gasteiger partial charge on any atom is 0.0642 e. The summed E-state index contributed by atoms with van der Waals surface area (Å²) in [5.41, 5.74) is 2.30. The minimum absolute atomic E-state index is 0.524. The first-order chi connectivity index (χ1) is 8.67. The van der Waals surface area contributed by atoms with Gasteiger partial charge in [0.2, 0.25) is 0 Å². The van der Waals surface area contributed by atoms with Gasteiger partial charge in [0.1, 0.15) is 0 Å². The Labute approximate surface area is 120 Å². The van der Waals surface area contributed by atoms with Gasteiger partial charge in [-0.25, -0.2) is 0 Å². The second-order valence-corrected chi connectivity index (χ2v) is 5.91. The summed E-state index contributed by atoms with van der Waals surface area (Å²) < 4.78 is 0. The average molecular weight is 286 g/mol. The van der Waals surface area contributed by atoms with Gasteiger partial charge in [0.05, 0.1) is 10.7 Å². The maximum atomic E-state index is 6.40. The molecule has 2 rings (SSSR count). The smallest absolute Gasteiger partial charge is 0.0642 e. The minimum atomic E-state index is 0.524. The van der Waals surface area contributed by atoms with Crippen LogP contribution in [0.2, 0.25) is 5.02 Å². The molecule has 100 valence electrons. The molecule has 1 nitrogen and oxygen atoms in total. The highest BCUT2D eigenvalue weighted by Gasteiger charge is 2.27. The summed E-state index contributed by atoms with van der Waals surface area (Å²) in [6.07, 6.45) is 3.81. The Morgan fingerprint density at radius 1 is 1.33 bits per heavy atom. The third-order valence-corrected chi connectivity index (χ3v) is 4.65. The molecule has 0 bridgehead atoms. The van der Waals surface area contributed by atoms with Crippen molar-refractivity contribution in [1.29, 1.82) is 0 Å². The zero-order valence-corrected chi connectivity index (χ0v) is 12.6. The molecule has 3 heteroatoms. The second kappa shape index (κ2) is 6.16. The molecule has 2 unspecified atom stereocenters. The minimum Gasteiger partial charge on any atom is -0.367 e. The van der Waals surface area contributed by atoms with Crippen LogP contribution in [0.1, 0.15) is 38.7 Å². The first-order valence-corrected chi connectivity index (χ1v) is 7.68. The lowest BCUT2D eigenvalue weighted by Crippen LogP contribution is -2.42. The number of hydrogen-bond acceptors (Lipinski definition) is 1. The van der Waals surface area contributed by atoms with Crippen molar-refractivity contribution >= 4 is 28.9 Å². The van der Waals surface area contributed by atoms with Gasteiger partial charge in [-0.15, -0.1) is 11.6 Å². The van der Waals surface area contributed by atoms with Gasteiger partial charge in [0.25, 0.3) is 0 Å². The summed E-state index contributed by atoms with van der Waals surface area (Å²) >= 11 is 12.5. The van der Waals surface area contributed by atoms with E-state index in [9.17, 15) is 0 Å². The Hall–Kier alpha value is -0.400. The van der Waals surface area contributed by atoms with Crippen molar-refractivity contribution in [3.05, 3.63) is 28.8 Å². The fourth-order valence-electron chi connectivity index (χ4n) is 2.82. The zero-order valence-electron chi connectivity index (χ0n) is 11.1. The predicted octanol–water partition coefficient (Wildman–Crippen LogP) is 5.09. The van der Waals surface area contributed by atoms with Gasteiger partial charge >= 0.3 is 0 Å². The Morgan fingerprint density at radius 2 is 2.11 bits per heavy atom. The van der Waals surface area contributed by atoms with Gasteiger partial charge in [0, 0.05) is 18.5 Å². The van der Waals surface area contributed by atoms with Crippen molar-refractivity contribution in [2.75, 3.05) is 11.4 Å². The van der Waals surface area contributed by atoms with Crippen LogP contribution < -0.4 is 4.90 Å². The van der Waals surface area contributed by atoms with Gasteiger partial charge in [0.15, 0.2) is 0 Å². The molecule has 0 aliphatic carbocycles. The number of hydrogen-bond donors (Lipinski definition) is 0. The van der Waals surface area contributed by atoms with Crippen LogP contribution in [0.15, 0.2) is 18.2 Å². The van der Waals surface area contributed by atoms with Crippen molar-refractivity contribution in [3.63, 3.8) is 0 Å². The molecule has 1 heterocycles. The molecule has 1 aliphatic rings. The third-order valence-electron chi connectivity index (χ3n) is 4.06. The number of anilines is 1. The SMILES string of the molecule is CCC1CCC(C)N(c2c(Cl)cccc2CCl)C1. The molecule has 1 saturated heterocycles. The van der Waals surface area contributed by atoms with Crippen LogP contribution >= 0.6 is 23.2 Å². The number of piperidine rings is 1. The van der Waals surface area contributed by atoms with Crippen molar-refractivity contribution in [3.8, 4) is 0 Å². The predicted molar refractivity (Wildman–Crippen MR) is 80.8 cm³/mol. The van der Waals surface area contributed by atoms with Gasteiger partial charge in [-0.3, -0.25) is 0 Å². The Kier molecular flexibility index (Phi) is 4.80. The van der Waals surface area contributed by atoms with Crippen LogP contribution in [0.25, 0.3) is 0 Å². The number of benzene rings is 1. The normalized spacial score (nSPS) is 24.3. The molecule has 1 aromatic carbocycles. The van der Waals surface area contributed by atoms with Crippen molar-refractivity contribution in [2.45, 2.75) is 45.0 Å².